The molecule has 0 amide bonds. The molecule has 0 saturated heterocycles. The summed E-state index contributed by atoms with van der Waals surface area (Å²) in [5.41, 5.74) is 9.92. The Morgan fingerprint density at radius 1 is 0.258 bits per heavy atom. The van der Waals surface area contributed by atoms with Gasteiger partial charge in [-0.15, -0.1) is 13.2 Å². The van der Waals surface area contributed by atoms with E-state index in [1.54, 1.807) is 0 Å². The van der Waals surface area contributed by atoms with E-state index >= 15 is 0 Å². The molecule has 9 rings (SSSR count). The van der Waals surface area contributed by atoms with Crippen LogP contribution in [0.5, 0.6) is 0 Å². The summed E-state index contributed by atoms with van der Waals surface area (Å²) in [7, 11) is 0. The third kappa shape index (κ3) is 8.09. The van der Waals surface area contributed by atoms with Crippen molar-refractivity contribution in [1.82, 2.24) is 0 Å². The summed E-state index contributed by atoms with van der Waals surface area (Å²) in [5, 5.41) is 0. The fraction of sp³-hybridized carbons (Fsp3) is 0.387. The average molecular weight is 815 g/mol. The Labute approximate surface area is 375 Å². The molecule has 0 heteroatoms. The summed E-state index contributed by atoms with van der Waals surface area (Å²) >= 11 is 0. The molecule has 3 aromatic rings. The molecular formula is C62H70. The first kappa shape index (κ1) is 42.4. The first-order valence-electron chi connectivity index (χ1n) is 24.2. The normalized spacial score (nSPS) is 22.8. The topological polar surface area (TPSA) is 0 Å². The quantitative estimate of drug-likeness (QED) is 0.112. The van der Waals surface area contributed by atoms with Crippen LogP contribution in [0.25, 0.3) is 0 Å². The van der Waals surface area contributed by atoms with E-state index in [9.17, 15) is 0 Å². The van der Waals surface area contributed by atoms with Crippen molar-refractivity contribution in [3.63, 3.8) is 0 Å². The van der Waals surface area contributed by atoms with Crippen molar-refractivity contribution in [3.8, 4) is 0 Å². The number of allylic oxidation sites excluding steroid dienone is 18. The van der Waals surface area contributed by atoms with Crippen molar-refractivity contribution >= 4 is 0 Å². The van der Waals surface area contributed by atoms with Crippen LogP contribution in [0.15, 0.2) is 195 Å². The maximum Gasteiger partial charge on any atom is 0.00563 e. The lowest BCUT2D eigenvalue weighted by atomic mass is 9.71. The predicted octanol–water partition coefficient (Wildman–Crippen LogP) is 16.4. The van der Waals surface area contributed by atoms with Gasteiger partial charge in [-0.25, -0.2) is 0 Å². The summed E-state index contributed by atoms with van der Waals surface area (Å²) in [6, 6.07) is 29.5. The van der Waals surface area contributed by atoms with Gasteiger partial charge in [0.15, 0.2) is 0 Å². The highest BCUT2D eigenvalue weighted by molar-refractivity contribution is 5.42. The lowest BCUT2D eigenvalue weighted by molar-refractivity contribution is 0.445. The summed E-state index contributed by atoms with van der Waals surface area (Å²) in [4.78, 5) is 0. The first-order valence-corrected chi connectivity index (χ1v) is 24.2. The highest BCUT2D eigenvalue weighted by atomic mass is 14.4. The Balaban J connectivity index is 0.852. The smallest absolute Gasteiger partial charge is 0.00563 e. The van der Waals surface area contributed by atoms with E-state index in [4.69, 9.17) is 0 Å². The van der Waals surface area contributed by atoms with Crippen LogP contribution in [0.2, 0.25) is 0 Å². The molecule has 0 spiro atoms. The highest BCUT2D eigenvalue weighted by Gasteiger charge is 2.38. The van der Waals surface area contributed by atoms with Gasteiger partial charge in [0.1, 0.15) is 0 Å². The minimum absolute atomic E-state index is 0.148. The Hall–Kier alpha value is -4.94. The molecule has 62 heavy (non-hydrogen) atoms. The second-order valence-corrected chi connectivity index (χ2v) is 20.4. The summed E-state index contributed by atoms with van der Waals surface area (Å²) in [6.45, 7) is 8.19. The third-order valence-electron chi connectivity index (χ3n) is 16.9. The van der Waals surface area contributed by atoms with E-state index in [-0.39, 0.29) is 32.5 Å². The minimum atomic E-state index is 0.148. The van der Waals surface area contributed by atoms with Gasteiger partial charge in [-0.1, -0.05) is 182 Å². The SMILES string of the molecule is C=CCC1(c2ccc(C3(C/C=C/CC4(c5ccc(C6(C/C=C/CC7(c8ccc(C9(CC=C)CC=CC9)cc8)CC=CC7)CC=CC6)cc5)CC=CC4)CC=CC3)cc2)CC=CC1. The van der Waals surface area contributed by atoms with Gasteiger partial charge in [0.25, 0.3) is 0 Å². The van der Waals surface area contributed by atoms with Crippen LogP contribution in [0.4, 0.5) is 0 Å². The van der Waals surface area contributed by atoms with Crippen LogP contribution >= 0.6 is 0 Å². The Kier molecular flexibility index (Phi) is 12.3. The number of hydrogen-bond acceptors (Lipinski definition) is 0. The fourth-order valence-corrected chi connectivity index (χ4v) is 12.6. The van der Waals surface area contributed by atoms with Gasteiger partial charge in [0.05, 0.1) is 0 Å². The van der Waals surface area contributed by atoms with Crippen molar-refractivity contribution in [2.45, 2.75) is 148 Å². The zero-order chi connectivity index (χ0) is 42.4. The fourth-order valence-electron chi connectivity index (χ4n) is 12.6. The standard InChI is InChI=1S/C62H70/c1-3-33-57(35-5-6-36-57)51-21-25-53(26-22-51)59(39-9-10-40-59)43-13-15-45-61(47-17-18-48-61)55-29-31-56(32-30-55)62(49-19-20-50-62)46-16-14-44-60(41-11-12-42-60)54-27-23-52(24-28-54)58(34-4-2)37-7-8-38-58/h3-32H,1-2,33-50H2/b15-13+,16-14+. The van der Waals surface area contributed by atoms with Gasteiger partial charge in [-0.3, -0.25) is 0 Å². The molecule has 0 heterocycles. The van der Waals surface area contributed by atoms with E-state index in [1.807, 2.05) is 0 Å². The van der Waals surface area contributed by atoms with Crippen molar-refractivity contribution in [2.24, 2.45) is 0 Å². The van der Waals surface area contributed by atoms with Gasteiger partial charge in [0.2, 0.25) is 0 Å². The predicted molar refractivity (Wildman–Crippen MR) is 266 cm³/mol. The number of hydrogen-bond donors (Lipinski definition) is 0. The molecule has 3 aromatic carbocycles. The van der Waals surface area contributed by atoms with E-state index < -0.39 is 0 Å². The molecule has 0 nitrogen and oxygen atoms in total. The van der Waals surface area contributed by atoms with E-state index in [0.717, 1.165) is 116 Å². The Bertz CT molecular complexity index is 2070. The van der Waals surface area contributed by atoms with Crippen LogP contribution in [-0.2, 0) is 32.5 Å². The van der Waals surface area contributed by atoms with Gasteiger partial charge >= 0.3 is 0 Å². The van der Waals surface area contributed by atoms with Crippen molar-refractivity contribution in [3.05, 3.63) is 229 Å². The van der Waals surface area contributed by atoms with Crippen LogP contribution in [0.1, 0.15) is 149 Å². The molecule has 0 saturated carbocycles. The molecule has 0 atom stereocenters. The molecule has 0 N–H and O–H groups in total. The summed E-state index contributed by atoms with van der Waals surface area (Å²) in [5.74, 6) is 0. The molecule has 0 aromatic heterocycles. The lowest BCUT2D eigenvalue weighted by Gasteiger charge is -2.33. The average Bonchev–Trinajstić information content (AvgIpc) is 4.18. The second kappa shape index (κ2) is 18.0. The van der Waals surface area contributed by atoms with E-state index in [1.165, 1.54) is 33.4 Å². The maximum absolute atomic E-state index is 4.09. The molecule has 0 radical (unpaired) electrons. The van der Waals surface area contributed by atoms with Crippen LogP contribution in [-0.4, -0.2) is 0 Å². The molecule has 6 aliphatic rings. The molecule has 0 fully saturated rings. The number of rotatable bonds is 18. The van der Waals surface area contributed by atoms with Crippen LogP contribution < -0.4 is 0 Å². The highest BCUT2D eigenvalue weighted by Crippen LogP contribution is 2.48. The van der Waals surface area contributed by atoms with Gasteiger partial charge < -0.3 is 0 Å². The van der Waals surface area contributed by atoms with Crippen molar-refractivity contribution < 1.29 is 0 Å². The zero-order valence-corrected chi connectivity index (χ0v) is 37.5. The van der Waals surface area contributed by atoms with Gasteiger partial charge in [-0.2, -0.15) is 0 Å². The molecule has 0 aliphatic heterocycles. The van der Waals surface area contributed by atoms with Crippen molar-refractivity contribution in [2.75, 3.05) is 0 Å². The second-order valence-electron chi connectivity index (χ2n) is 20.4. The molecular weight excluding hydrogens is 745 g/mol. The van der Waals surface area contributed by atoms with Crippen molar-refractivity contribution in [1.29, 1.82) is 0 Å². The lowest BCUT2D eigenvalue weighted by Crippen LogP contribution is -2.25. The summed E-state index contributed by atoms with van der Waals surface area (Å²) in [6.07, 6.45) is 62.9. The maximum atomic E-state index is 4.09. The Morgan fingerprint density at radius 3 is 0.548 bits per heavy atom. The molecule has 6 aliphatic carbocycles. The number of benzene rings is 3. The minimum Gasteiger partial charge on any atom is -0.103 e. The Morgan fingerprint density at radius 2 is 0.403 bits per heavy atom. The monoisotopic (exact) mass is 815 g/mol. The largest absolute Gasteiger partial charge is 0.103 e. The first-order chi connectivity index (χ1) is 30.4. The van der Waals surface area contributed by atoms with Crippen LogP contribution in [0, 0.1) is 0 Å². The van der Waals surface area contributed by atoms with Gasteiger partial charge in [-0.05, 0) is 149 Å². The molecule has 0 bridgehead atoms. The van der Waals surface area contributed by atoms with E-state index in [0.29, 0.717) is 0 Å². The van der Waals surface area contributed by atoms with E-state index in [2.05, 4.69) is 195 Å². The molecule has 318 valence electrons. The van der Waals surface area contributed by atoms with Crippen LogP contribution in [0.3, 0.4) is 0 Å². The molecule has 0 unspecified atom stereocenters. The third-order valence-corrected chi connectivity index (χ3v) is 16.9. The zero-order valence-electron chi connectivity index (χ0n) is 37.5. The summed E-state index contributed by atoms with van der Waals surface area (Å²) < 4.78 is 0. The van der Waals surface area contributed by atoms with Gasteiger partial charge in [0, 0.05) is 32.5 Å².